The fourth-order valence-electron chi connectivity index (χ4n) is 4.53. The van der Waals surface area contributed by atoms with Crippen LogP contribution >= 0.6 is 0 Å². The van der Waals surface area contributed by atoms with Crippen molar-refractivity contribution in [1.82, 2.24) is 25.1 Å². The third-order valence-corrected chi connectivity index (χ3v) is 6.72. The largest absolute Gasteiger partial charge is 0.491 e. The maximum Gasteiger partial charge on any atom is 0.316 e. The average Bonchev–Trinajstić information content (AvgIpc) is 3.52. The molecule has 36 heavy (non-hydrogen) atoms. The SMILES string of the molecule is COc1ncc(-c2ccc3c(c2)CC(NC(=O)c2cc4n(n2)CC(CCOCC2CC2)O4)CO3)cn1. The predicted octanol–water partition coefficient (Wildman–Crippen LogP) is 2.66. The molecule has 1 fully saturated rings. The van der Waals surface area contributed by atoms with Crippen LogP contribution in [0.1, 0.15) is 35.3 Å². The van der Waals surface area contributed by atoms with Gasteiger partial charge in [-0.1, -0.05) is 6.07 Å². The Kier molecular flexibility index (Phi) is 6.18. The molecular weight excluding hydrogens is 462 g/mol. The molecule has 0 radical (unpaired) electrons. The van der Waals surface area contributed by atoms with Crippen LogP contribution in [0.15, 0.2) is 36.7 Å². The van der Waals surface area contributed by atoms with Crippen LogP contribution in [0.2, 0.25) is 0 Å². The number of hydrogen-bond donors (Lipinski definition) is 1. The van der Waals surface area contributed by atoms with Crippen LogP contribution in [-0.4, -0.2) is 64.7 Å². The number of nitrogens with one attached hydrogen (secondary N) is 1. The molecule has 0 bridgehead atoms. The molecular formula is C26H29N5O5. The van der Waals surface area contributed by atoms with Crippen molar-refractivity contribution in [2.75, 3.05) is 26.9 Å². The first-order chi connectivity index (χ1) is 17.6. The lowest BCUT2D eigenvalue weighted by Crippen LogP contribution is -2.43. The summed E-state index contributed by atoms with van der Waals surface area (Å²) in [6.45, 7) is 2.58. The lowest BCUT2D eigenvalue weighted by molar-refractivity contribution is 0.0893. The Balaban J connectivity index is 1.04. The Labute approximate surface area is 208 Å². The van der Waals surface area contributed by atoms with E-state index in [4.69, 9.17) is 18.9 Å². The minimum atomic E-state index is -0.235. The van der Waals surface area contributed by atoms with Crippen LogP contribution < -0.4 is 19.5 Å². The summed E-state index contributed by atoms with van der Waals surface area (Å²) in [5, 5.41) is 7.51. The van der Waals surface area contributed by atoms with Gasteiger partial charge in [0.25, 0.3) is 5.91 Å². The zero-order valence-corrected chi connectivity index (χ0v) is 20.2. The van der Waals surface area contributed by atoms with Gasteiger partial charge in [-0.15, -0.1) is 0 Å². The highest BCUT2D eigenvalue weighted by molar-refractivity contribution is 5.92. The first kappa shape index (κ1) is 22.8. The molecule has 1 aromatic carbocycles. The molecule has 1 saturated carbocycles. The van der Waals surface area contributed by atoms with E-state index < -0.39 is 0 Å². The van der Waals surface area contributed by atoms with Crippen molar-refractivity contribution >= 4 is 5.91 Å². The van der Waals surface area contributed by atoms with Crippen LogP contribution in [0.25, 0.3) is 11.1 Å². The molecule has 10 heteroatoms. The van der Waals surface area contributed by atoms with Crippen LogP contribution in [0.5, 0.6) is 17.6 Å². The maximum atomic E-state index is 12.9. The number of ether oxygens (including phenoxy) is 4. The van der Waals surface area contributed by atoms with Gasteiger partial charge in [0, 0.05) is 37.1 Å². The molecule has 1 aliphatic carbocycles. The Morgan fingerprint density at radius 3 is 2.83 bits per heavy atom. The number of carbonyl (C=O) groups is 1. The fraction of sp³-hybridized carbons (Fsp3) is 0.462. The van der Waals surface area contributed by atoms with Gasteiger partial charge in [-0.2, -0.15) is 5.10 Å². The van der Waals surface area contributed by atoms with Gasteiger partial charge in [0.1, 0.15) is 18.5 Å². The molecule has 2 aromatic heterocycles. The predicted molar refractivity (Wildman–Crippen MR) is 129 cm³/mol. The highest BCUT2D eigenvalue weighted by atomic mass is 16.5. The van der Waals surface area contributed by atoms with Gasteiger partial charge in [0.05, 0.1) is 26.3 Å². The molecule has 188 valence electrons. The van der Waals surface area contributed by atoms with Crippen molar-refractivity contribution in [2.45, 2.75) is 44.4 Å². The van der Waals surface area contributed by atoms with E-state index in [9.17, 15) is 4.79 Å². The Hall–Kier alpha value is -3.66. The number of rotatable bonds is 9. The van der Waals surface area contributed by atoms with E-state index in [1.54, 1.807) is 23.1 Å². The quantitative estimate of drug-likeness (QED) is 0.455. The smallest absolute Gasteiger partial charge is 0.316 e. The molecule has 1 amide bonds. The summed E-state index contributed by atoms with van der Waals surface area (Å²) in [6, 6.07) is 7.83. The standard InChI is InChI=1S/C26H29N5O5/c1-33-26-27-11-19(12-28-26)17-4-5-23-18(8-17)9-20(15-35-23)29-25(32)22-10-24-31(30-22)13-21(36-24)6-7-34-14-16-2-3-16/h4-5,8,10-12,16,20-21H,2-3,6-7,9,13-15H2,1H3,(H,29,32). The third kappa shape index (κ3) is 4.99. The first-order valence-electron chi connectivity index (χ1n) is 12.4. The molecule has 2 aliphatic heterocycles. The third-order valence-electron chi connectivity index (χ3n) is 6.72. The molecule has 10 nitrogen and oxygen atoms in total. The van der Waals surface area contributed by atoms with Crippen LogP contribution in [0.4, 0.5) is 0 Å². The monoisotopic (exact) mass is 491 g/mol. The molecule has 2 atom stereocenters. The Bertz CT molecular complexity index is 1220. The summed E-state index contributed by atoms with van der Waals surface area (Å²) in [5.41, 5.74) is 3.22. The minimum Gasteiger partial charge on any atom is -0.491 e. The molecule has 1 N–H and O–H groups in total. The summed E-state index contributed by atoms with van der Waals surface area (Å²) in [7, 11) is 1.54. The average molecular weight is 492 g/mol. The van der Waals surface area contributed by atoms with Crippen LogP contribution in [-0.2, 0) is 17.7 Å². The number of fused-ring (bicyclic) bond motifs is 2. The highest BCUT2D eigenvalue weighted by Crippen LogP contribution is 2.31. The lowest BCUT2D eigenvalue weighted by Gasteiger charge is -2.26. The first-order valence-corrected chi connectivity index (χ1v) is 12.4. The molecule has 4 heterocycles. The van der Waals surface area contributed by atoms with E-state index in [1.165, 1.54) is 20.0 Å². The van der Waals surface area contributed by atoms with Gasteiger partial charge in [-0.05, 0) is 48.4 Å². The number of aromatic nitrogens is 4. The van der Waals surface area contributed by atoms with E-state index >= 15 is 0 Å². The fourth-order valence-corrected chi connectivity index (χ4v) is 4.53. The van der Waals surface area contributed by atoms with E-state index in [0.717, 1.165) is 41.4 Å². The summed E-state index contributed by atoms with van der Waals surface area (Å²) >= 11 is 0. The summed E-state index contributed by atoms with van der Waals surface area (Å²) < 4.78 is 24.4. The number of carbonyl (C=O) groups excluding carboxylic acids is 1. The van der Waals surface area contributed by atoms with Crippen molar-refractivity contribution in [2.24, 2.45) is 5.92 Å². The number of benzene rings is 1. The van der Waals surface area contributed by atoms with E-state index in [-0.39, 0.29) is 18.1 Å². The maximum absolute atomic E-state index is 12.9. The highest BCUT2D eigenvalue weighted by Gasteiger charge is 2.29. The zero-order valence-electron chi connectivity index (χ0n) is 20.2. The second-order valence-electron chi connectivity index (χ2n) is 9.56. The summed E-state index contributed by atoms with van der Waals surface area (Å²) in [4.78, 5) is 21.3. The van der Waals surface area contributed by atoms with Gasteiger partial charge in [0.15, 0.2) is 5.69 Å². The molecule has 6 rings (SSSR count). The van der Waals surface area contributed by atoms with Gasteiger partial charge < -0.3 is 24.3 Å². The second-order valence-corrected chi connectivity index (χ2v) is 9.56. The zero-order chi connectivity index (χ0) is 24.5. The van der Waals surface area contributed by atoms with Gasteiger partial charge in [0.2, 0.25) is 5.88 Å². The lowest BCUT2D eigenvalue weighted by atomic mass is 9.98. The second kappa shape index (κ2) is 9.77. The Morgan fingerprint density at radius 1 is 1.19 bits per heavy atom. The van der Waals surface area contributed by atoms with Crippen molar-refractivity contribution < 1.29 is 23.7 Å². The molecule has 0 saturated heterocycles. The van der Waals surface area contributed by atoms with Crippen molar-refractivity contribution in [3.8, 4) is 28.8 Å². The van der Waals surface area contributed by atoms with Crippen LogP contribution in [0, 0.1) is 5.92 Å². The molecule has 2 unspecified atom stereocenters. The number of nitrogens with zero attached hydrogens (tertiary/aromatic N) is 4. The summed E-state index contributed by atoms with van der Waals surface area (Å²) in [6.07, 6.45) is 7.54. The Morgan fingerprint density at radius 2 is 2.06 bits per heavy atom. The van der Waals surface area contributed by atoms with E-state index in [0.29, 0.717) is 43.8 Å². The van der Waals surface area contributed by atoms with Gasteiger partial charge in [-0.3, -0.25) is 4.79 Å². The molecule has 0 spiro atoms. The van der Waals surface area contributed by atoms with Crippen LogP contribution in [0.3, 0.4) is 0 Å². The van der Waals surface area contributed by atoms with Crippen molar-refractivity contribution in [1.29, 1.82) is 0 Å². The normalized spacial score (nSPS) is 20.1. The number of methoxy groups -OCH3 is 1. The van der Waals surface area contributed by atoms with Crippen molar-refractivity contribution in [3.05, 3.63) is 47.9 Å². The van der Waals surface area contributed by atoms with Gasteiger partial charge in [-0.25, -0.2) is 14.6 Å². The minimum absolute atomic E-state index is 0.0392. The number of amides is 1. The van der Waals surface area contributed by atoms with E-state index in [1.807, 2.05) is 18.2 Å². The topological polar surface area (TPSA) is 110 Å². The molecule has 3 aliphatic rings. The van der Waals surface area contributed by atoms with E-state index in [2.05, 4.69) is 20.4 Å². The number of hydrogen-bond acceptors (Lipinski definition) is 8. The summed E-state index contributed by atoms with van der Waals surface area (Å²) in [5.74, 6) is 1.98. The van der Waals surface area contributed by atoms with Crippen molar-refractivity contribution in [3.63, 3.8) is 0 Å². The molecule has 3 aromatic rings. The van der Waals surface area contributed by atoms with Gasteiger partial charge >= 0.3 is 6.01 Å².